The van der Waals surface area contributed by atoms with Crippen LogP contribution < -0.4 is 4.74 Å². The number of benzene rings is 1. The number of hydrogen-bond acceptors (Lipinski definition) is 1. The van der Waals surface area contributed by atoms with Crippen molar-refractivity contribution >= 4 is 31.9 Å². The molecule has 0 fully saturated rings. The molecule has 0 spiro atoms. The third-order valence-corrected chi connectivity index (χ3v) is 1.98. The predicted octanol–water partition coefficient (Wildman–Crippen LogP) is 3.10. The maximum atomic E-state index is 5.23. The fraction of sp³-hybridized carbons (Fsp3) is 0.0909. The first-order chi connectivity index (χ1) is 6.83. The van der Waals surface area contributed by atoms with Gasteiger partial charge in [-0.15, -0.1) is 0 Å². The molecule has 3 heteroatoms. The Morgan fingerprint density at radius 1 is 1.07 bits per heavy atom. The third-order valence-electron chi connectivity index (χ3n) is 1.58. The van der Waals surface area contributed by atoms with Crippen LogP contribution in [-0.4, -0.2) is 7.11 Å². The Balaban J connectivity index is 3.34. The van der Waals surface area contributed by atoms with Crippen LogP contribution >= 0.6 is 31.9 Å². The smallest absolute Gasteiger partial charge is 0.150 e. The largest absolute Gasteiger partial charge is 0.494 e. The highest BCUT2D eigenvalue weighted by molar-refractivity contribution is 9.12. The van der Waals surface area contributed by atoms with Crippen molar-refractivity contribution < 1.29 is 4.74 Å². The summed E-state index contributed by atoms with van der Waals surface area (Å²) in [5.74, 6) is 6.47. The molecule has 1 nitrogen and oxygen atoms in total. The predicted molar refractivity (Wildman–Crippen MR) is 64.6 cm³/mol. The molecular formula is C11H6Br2O. The van der Waals surface area contributed by atoms with Crippen molar-refractivity contribution in [3.05, 3.63) is 29.3 Å². The van der Waals surface area contributed by atoms with Crippen LogP contribution in [0.1, 0.15) is 11.1 Å². The van der Waals surface area contributed by atoms with Crippen molar-refractivity contribution in [2.24, 2.45) is 0 Å². The third kappa shape index (κ3) is 2.54. The van der Waals surface area contributed by atoms with E-state index >= 15 is 0 Å². The summed E-state index contributed by atoms with van der Waals surface area (Å²) in [6.45, 7) is 0. The molecule has 0 unspecified atom stereocenters. The van der Waals surface area contributed by atoms with E-state index in [-0.39, 0.29) is 0 Å². The number of rotatable bonds is 1. The zero-order valence-corrected chi connectivity index (χ0v) is 10.6. The van der Waals surface area contributed by atoms with Crippen molar-refractivity contribution in [1.29, 1.82) is 0 Å². The van der Waals surface area contributed by atoms with Crippen LogP contribution in [0.2, 0.25) is 0 Å². The van der Waals surface area contributed by atoms with Gasteiger partial charge < -0.3 is 4.74 Å². The second-order valence-corrected chi connectivity index (χ2v) is 3.12. The summed E-state index contributed by atoms with van der Waals surface area (Å²) in [7, 11) is 1.61. The first-order valence-electron chi connectivity index (χ1n) is 3.73. The Bertz CT molecular complexity index is 406. The lowest BCUT2D eigenvalue weighted by Crippen LogP contribution is -1.91. The quantitative estimate of drug-likeness (QED) is 0.724. The zero-order chi connectivity index (χ0) is 10.4. The van der Waals surface area contributed by atoms with Gasteiger partial charge in [0.2, 0.25) is 0 Å². The topological polar surface area (TPSA) is 9.23 Å². The molecule has 0 aliphatic rings. The number of halogens is 2. The fourth-order valence-corrected chi connectivity index (χ4v) is 1.48. The Hall–Kier alpha value is -0.900. The van der Waals surface area contributed by atoms with E-state index in [4.69, 9.17) is 4.74 Å². The van der Waals surface area contributed by atoms with Gasteiger partial charge in [0.05, 0.1) is 18.2 Å². The van der Waals surface area contributed by atoms with E-state index in [1.807, 2.05) is 18.2 Å². The van der Waals surface area contributed by atoms with Gasteiger partial charge >= 0.3 is 0 Å². The van der Waals surface area contributed by atoms with Gasteiger partial charge in [-0.25, -0.2) is 0 Å². The van der Waals surface area contributed by atoms with Gasteiger partial charge in [0.1, 0.15) is 5.75 Å². The van der Waals surface area contributed by atoms with Crippen LogP contribution in [0.3, 0.4) is 0 Å². The van der Waals surface area contributed by atoms with Gasteiger partial charge in [-0.3, -0.25) is 0 Å². The van der Waals surface area contributed by atoms with E-state index < -0.39 is 0 Å². The molecule has 0 bridgehead atoms. The van der Waals surface area contributed by atoms with Gasteiger partial charge in [-0.1, -0.05) is 17.9 Å². The van der Waals surface area contributed by atoms with Gasteiger partial charge in [0.15, 0.2) is 0 Å². The molecule has 0 radical (unpaired) electrons. The van der Waals surface area contributed by atoms with Crippen LogP contribution in [0, 0.1) is 21.5 Å². The molecule has 14 heavy (non-hydrogen) atoms. The summed E-state index contributed by atoms with van der Waals surface area (Å²) >= 11 is 6.10. The van der Waals surface area contributed by atoms with Crippen molar-refractivity contribution in [2.75, 3.05) is 7.11 Å². The van der Waals surface area contributed by atoms with E-state index in [2.05, 4.69) is 53.4 Å². The summed E-state index contributed by atoms with van der Waals surface area (Å²) in [4.78, 5) is 5.30. The lowest BCUT2D eigenvalue weighted by molar-refractivity contribution is 0.412. The minimum Gasteiger partial charge on any atom is -0.494 e. The summed E-state index contributed by atoms with van der Waals surface area (Å²) < 4.78 is 5.23. The van der Waals surface area contributed by atoms with E-state index in [9.17, 15) is 0 Å². The molecule has 1 rings (SSSR count). The summed E-state index contributed by atoms with van der Waals surface area (Å²) in [5.41, 5.74) is 1.63. The Labute approximate surface area is 100 Å². The fourth-order valence-electron chi connectivity index (χ4n) is 1.06. The van der Waals surface area contributed by atoms with Crippen LogP contribution in [0.5, 0.6) is 5.75 Å². The van der Waals surface area contributed by atoms with E-state index in [1.54, 1.807) is 7.11 Å². The highest BCUT2D eigenvalue weighted by Gasteiger charge is 2.04. The van der Waals surface area contributed by atoms with Crippen molar-refractivity contribution in [3.63, 3.8) is 0 Å². The van der Waals surface area contributed by atoms with E-state index in [0.717, 1.165) is 11.1 Å². The second-order valence-electron chi connectivity index (χ2n) is 2.33. The summed E-state index contributed by atoms with van der Waals surface area (Å²) in [5, 5.41) is 0. The minimum atomic E-state index is 0.700. The number of hydrogen-bond donors (Lipinski definition) is 0. The average molecular weight is 314 g/mol. The standard InChI is InChI=1S/C11H6Br2O/c1-14-11-9(5-7-12)3-2-4-10(11)6-8-13/h2-4H,1H3. The molecule has 0 aromatic heterocycles. The molecule has 70 valence electrons. The zero-order valence-electron chi connectivity index (χ0n) is 7.40. The molecule has 1 aromatic rings. The maximum Gasteiger partial charge on any atom is 0.150 e. The monoisotopic (exact) mass is 312 g/mol. The SMILES string of the molecule is COc1c(C#CBr)cccc1C#CBr. The Morgan fingerprint density at radius 2 is 1.57 bits per heavy atom. The van der Waals surface area contributed by atoms with Gasteiger partial charge in [0, 0.05) is 31.9 Å². The van der Waals surface area contributed by atoms with E-state index in [0.29, 0.717) is 5.75 Å². The number of para-hydroxylation sites is 1. The van der Waals surface area contributed by atoms with Gasteiger partial charge in [0.25, 0.3) is 0 Å². The molecule has 1 aromatic carbocycles. The van der Waals surface area contributed by atoms with Crippen LogP contribution in [-0.2, 0) is 0 Å². The molecule has 0 amide bonds. The second kappa shape index (κ2) is 5.75. The number of ether oxygens (including phenoxy) is 1. The molecule has 0 saturated heterocycles. The molecular weight excluding hydrogens is 308 g/mol. The van der Waals surface area contributed by atoms with E-state index in [1.165, 1.54) is 0 Å². The lowest BCUT2D eigenvalue weighted by atomic mass is 10.1. The van der Waals surface area contributed by atoms with Crippen LogP contribution in [0.4, 0.5) is 0 Å². The highest BCUT2D eigenvalue weighted by Crippen LogP contribution is 2.22. The maximum absolute atomic E-state index is 5.23. The van der Waals surface area contributed by atoms with Crippen LogP contribution in [0.15, 0.2) is 18.2 Å². The normalized spacial score (nSPS) is 7.93. The van der Waals surface area contributed by atoms with Gasteiger partial charge in [-0.05, 0) is 21.8 Å². The minimum absolute atomic E-state index is 0.700. The first-order valence-corrected chi connectivity index (χ1v) is 5.32. The molecule has 0 heterocycles. The molecule has 0 saturated carbocycles. The van der Waals surface area contributed by atoms with Crippen molar-refractivity contribution in [1.82, 2.24) is 0 Å². The molecule has 0 aliphatic heterocycles. The lowest BCUT2D eigenvalue weighted by Gasteiger charge is -2.04. The van der Waals surface area contributed by atoms with Crippen molar-refractivity contribution in [2.45, 2.75) is 0 Å². The Kier molecular flexibility index (Phi) is 4.59. The molecule has 0 atom stereocenters. The average Bonchev–Trinajstić information content (AvgIpc) is 2.19. The molecule has 0 aliphatic carbocycles. The highest BCUT2D eigenvalue weighted by atomic mass is 79.9. The van der Waals surface area contributed by atoms with Gasteiger partial charge in [-0.2, -0.15) is 0 Å². The first kappa shape index (κ1) is 11.2. The van der Waals surface area contributed by atoms with Crippen molar-refractivity contribution in [3.8, 4) is 27.2 Å². The van der Waals surface area contributed by atoms with Crippen LogP contribution in [0.25, 0.3) is 0 Å². The number of methoxy groups -OCH3 is 1. The molecule has 0 N–H and O–H groups in total. The summed E-state index contributed by atoms with van der Waals surface area (Å²) in [6.07, 6.45) is 0. The Morgan fingerprint density at radius 3 is 1.93 bits per heavy atom. The summed E-state index contributed by atoms with van der Waals surface area (Å²) in [6, 6.07) is 5.65.